The number of anilines is 1. The fraction of sp³-hybridized carbons (Fsp3) is 0.500. The van der Waals surface area contributed by atoms with E-state index in [-0.39, 0.29) is 17.1 Å². The van der Waals surface area contributed by atoms with Gasteiger partial charge in [-0.15, -0.1) is 10.2 Å². The lowest BCUT2D eigenvalue weighted by Crippen LogP contribution is -2.18. The number of thioether (sulfide) groups is 1. The highest BCUT2D eigenvalue weighted by Crippen LogP contribution is 2.29. The van der Waals surface area contributed by atoms with Crippen molar-refractivity contribution in [3.63, 3.8) is 0 Å². The molecule has 7 heteroatoms. The third-order valence-electron chi connectivity index (χ3n) is 3.42. The van der Waals surface area contributed by atoms with Gasteiger partial charge in [0.15, 0.2) is 4.34 Å². The summed E-state index contributed by atoms with van der Waals surface area (Å²) in [6, 6.07) is 6.39. The van der Waals surface area contributed by atoms with Crippen LogP contribution in [0.1, 0.15) is 46.1 Å². The van der Waals surface area contributed by atoms with Crippen molar-refractivity contribution in [2.24, 2.45) is 11.3 Å². The molecule has 1 heterocycles. The highest BCUT2D eigenvalue weighted by Gasteiger charge is 2.18. The summed E-state index contributed by atoms with van der Waals surface area (Å²) in [4.78, 5) is 12.1. The molecule has 25 heavy (non-hydrogen) atoms. The second-order valence-electron chi connectivity index (χ2n) is 7.41. The number of nitrogens with zero attached hydrogens (tertiary/aromatic N) is 2. The molecule has 1 aromatic carbocycles. The molecule has 0 spiro atoms. The van der Waals surface area contributed by atoms with Gasteiger partial charge in [0, 0.05) is 12.2 Å². The summed E-state index contributed by atoms with van der Waals surface area (Å²) in [5.41, 5.74) is 1.23. The summed E-state index contributed by atoms with van der Waals surface area (Å²) in [6.45, 7) is 8.62. The lowest BCUT2D eigenvalue weighted by molar-refractivity contribution is -0.117. The van der Waals surface area contributed by atoms with Crippen LogP contribution in [-0.2, 0) is 10.5 Å². The van der Waals surface area contributed by atoms with Crippen molar-refractivity contribution in [2.45, 2.75) is 50.6 Å². The smallest absolute Gasteiger partial charge is 0.226 e. The molecule has 1 unspecified atom stereocenters. The number of hydrogen-bond acceptors (Lipinski definition) is 5. The standard InChI is InChI=1S/C18H24FN3OS2/c1-12(10-18(2,3)4)9-15(23)20-16-21-22-17(25-16)24-11-13-5-7-14(19)8-6-13/h5-8,12H,9-11H2,1-4H3,(H,20,21,23). The molecule has 0 radical (unpaired) electrons. The van der Waals surface area contributed by atoms with Crippen molar-refractivity contribution in [1.29, 1.82) is 0 Å². The molecule has 0 aliphatic rings. The molecule has 136 valence electrons. The van der Waals surface area contributed by atoms with Crippen LogP contribution in [0.4, 0.5) is 9.52 Å². The molecule has 0 saturated carbocycles. The van der Waals surface area contributed by atoms with Crippen LogP contribution in [0.2, 0.25) is 0 Å². The SMILES string of the molecule is CC(CC(=O)Nc1nnc(SCc2ccc(F)cc2)s1)CC(C)(C)C. The van der Waals surface area contributed by atoms with E-state index in [0.29, 0.717) is 23.2 Å². The molecule has 1 atom stereocenters. The highest BCUT2D eigenvalue weighted by atomic mass is 32.2. The lowest BCUT2D eigenvalue weighted by Gasteiger charge is -2.22. The van der Waals surface area contributed by atoms with Gasteiger partial charge in [-0.3, -0.25) is 4.79 Å². The third kappa shape index (κ3) is 7.52. The molecule has 0 aliphatic carbocycles. The number of carbonyl (C=O) groups is 1. The highest BCUT2D eigenvalue weighted by molar-refractivity contribution is 8.00. The topological polar surface area (TPSA) is 54.9 Å². The van der Waals surface area contributed by atoms with Gasteiger partial charge in [0.2, 0.25) is 11.0 Å². The maximum absolute atomic E-state index is 12.9. The van der Waals surface area contributed by atoms with Crippen molar-refractivity contribution in [2.75, 3.05) is 5.32 Å². The van der Waals surface area contributed by atoms with Gasteiger partial charge < -0.3 is 5.32 Å². The van der Waals surface area contributed by atoms with E-state index in [1.54, 1.807) is 12.1 Å². The summed E-state index contributed by atoms with van der Waals surface area (Å²) < 4.78 is 13.7. The van der Waals surface area contributed by atoms with Gasteiger partial charge >= 0.3 is 0 Å². The Morgan fingerprint density at radius 3 is 2.60 bits per heavy atom. The molecular weight excluding hydrogens is 357 g/mol. The van der Waals surface area contributed by atoms with Crippen LogP contribution >= 0.6 is 23.1 Å². The van der Waals surface area contributed by atoms with E-state index < -0.39 is 0 Å². The Morgan fingerprint density at radius 1 is 1.28 bits per heavy atom. The maximum Gasteiger partial charge on any atom is 0.226 e. The number of benzene rings is 1. The van der Waals surface area contributed by atoms with E-state index in [1.807, 2.05) is 0 Å². The Bertz CT molecular complexity index is 695. The first-order valence-electron chi connectivity index (χ1n) is 8.22. The molecule has 1 aromatic heterocycles. The molecular formula is C18H24FN3OS2. The van der Waals surface area contributed by atoms with Crippen molar-refractivity contribution in [1.82, 2.24) is 10.2 Å². The van der Waals surface area contributed by atoms with Gasteiger partial charge in [0.05, 0.1) is 0 Å². The second kappa shape index (κ2) is 8.76. The number of hydrogen-bond donors (Lipinski definition) is 1. The molecule has 1 N–H and O–H groups in total. The summed E-state index contributed by atoms with van der Waals surface area (Å²) >= 11 is 2.88. The van der Waals surface area contributed by atoms with Crippen LogP contribution in [0, 0.1) is 17.2 Å². The van der Waals surface area contributed by atoms with Crippen LogP contribution in [-0.4, -0.2) is 16.1 Å². The van der Waals surface area contributed by atoms with Gasteiger partial charge in [0.1, 0.15) is 5.82 Å². The first-order chi connectivity index (χ1) is 11.7. The largest absolute Gasteiger partial charge is 0.300 e. The average molecular weight is 382 g/mol. The lowest BCUT2D eigenvalue weighted by atomic mass is 9.84. The zero-order valence-corrected chi connectivity index (χ0v) is 16.6. The third-order valence-corrected chi connectivity index (χ3v) is 5.47. The first-order valence-corrected chi connectivity index (χ1v) is 10.0. The van der Waals surface area contributed by atoms with E-state index in [9.17, 15) is 9.18 Å². The van der Waals surface area contributed by atoms with Crippen LogP contribution in [0.15, 0.2) is 28.6 Å². The van der Waals surface area contributed by atoms with Gasteiger partial charge in [0.25, 0.3) is 0 Å². The van der Waals surface area contributed by atoms with E-state index in [0.717, 1.165) is 16.3 Å². The molecule has 0 aliphatic heterocycles. The van der Waals surface area contributed by atoms with Gasteiger partial charge in [-0.25, -0.2) is 4.39 Å². The fourth-order valence-corrected chi connectivity index (χ4v) is 4.37. The zero-order valence-electron chi connectivity index (χ0n) is 15.0. The molecule has 2 rings (SSSR count). The Balaban J connectivity index is 1.80. The summed E-state index contributed by atoms with van der Waals surface area (Å²) in [7, 11) is 0. The average Bonchev–Trinajstić information content (AvgIpc) is 2.91. The number of aromatic nitrogens is 2. The molecule has 2 aromatic rings. The number of nitrogens with one attached hydrogen (secondary N) is 1. The fourth-order valence-electron chi connectivity index (χ4n) is 2.65. The van der Waals surface area contributed by atoms with E-state index in [1.165, 1.54) is 35.2 Å². The first kappa shape index (κ1) is 19.8. The van der Waals surface area contributed by atoms with Crippen LogP contribution in [0.5, 0.6) is 0 Å². The molecule has 1 amide bonds. The Kier molecular flexibility index (Phi) is 6.95. The van der Waals surface area contributed by atoms with Gasteiger partial charge in [-0.05, 0) is 35.4 Å². The van der Waals surface area contributed by atoms with E-state index in [4.69, 9.17) is 0 Å². The van der Waals surface area contributed by atoms with Crippen molar-refractivity contribution < 1.29 is 9.18 Å². The molecule has 0 bridgehead atoms. The van der Waals surface area contributed by atoms with E-state index >= 15 is 0 Å². The Morgan fingerprint density at radius 2 is 1.96 bits per heavy atom. The molecule has 4 nitrogen and oxygen atoms in total. The minimum absolute atomic E-state index is 0.0250. The van der Waals surface area contributed by atoms with E-state index in [2.05, 4.69) is 43.2 Å². The molecule has 0 saturated heterocycles. The van der Waals surface area contributed by atoms with Crippen molar-refractivity contribution >= 4 is 34.1 Å². The summed E-state index contributed by atoms with van der Waals surface area (Å²) in [5.74, 6) is 0.740. The number of halogens is 1. The maximum atomic E-state index is 12.9. The van der Waals surface area contributed by atoms with Crippen molar-refractivity contribution in [3.8, 4) is 0 Å². The quantitative estimate of drug-likeness (QED) is 0.517. The zero-order chi connectivity index (χ0) is 18.4. The van der Waals surface area contributed by atoms with Crippen LogP contribution < -0.4 is 5.32 Å². The Hall–Kier alpha value is -1.47. The predicted octanol–water partition coefficient (Wildman–Crippen LogP) is 5.37. The van der Waals surface area contributed by atoms with Crippen molar-refractivity contribution in [3.05, 3.63) is 35.6 Å². The minimum Gasteiger partial charge on any atom is -0.300 e. The number of carbonyl (C=O) groups excluding carboxylic acids is 1. The monoisotopic (exact) mass is 381 g/mol. The summed E-state index contributed by atoms with van der Waals surface area (Å²) in [5, 5.41) is 11.5. The normalized spacial score (nSPS) is 12.8. The van der Waals surface area contributed by atoms with Gasteiger partial charge in [-0.1, -0.05) is 62.9 Å². The van der Waals surface area contributed by atoms with Crippen LogP contribution in [0.3, 0.4) is 0 Å². The predicted molar refractivity (Wildman–Crippen MR) is 102 cm³/mol. The number of amides is 1. The minimum atomic E-state index is -0.240. The number of rotatable bonds is 7. The Labute approximate surface area is 156 Å². The van der Waals surface area contributed by atoms with Gasteiger partial charge in [-0.2, -0.15) is 0 Å². The summed E-state index contributed by atoms with van der Waals surface area (Å²) in [6.07, 6.45) is 1.48. The molecule has 0 fully saturated rings. The second-order valence-corrected chi connectivity index (χ2v) is 9.61. The van der Waals surface area contributed by atoms with Crippen LogP contribution in [0.25, 0.3) is 0 Å².